The lowest BCUT2D eigenvalue weighted by atomic mass is 9.99. The van der Waals surface area contributed by atoms with E-state index in [1.54, 1.807) is 27.7 Å². The van der Waals surface area contributed by atoms with Crippen LogP contribution in [0.4, 0.5) is 4.79 Å². The van der Waals surface area contributed by atoms with E-state index >= 15 is 0 Å². The third-order valence-electron chi connectivity index (χ3n) is 2.79. The van der Waals surface area contributed by atoms with Crippen LogP contribution in [0.3, 0.4) is 0 Å². The molecule has 2 amide bonds. The molecule has 2 atom stereocenters. The summed E-state index contributed by atoms with van der Waals surface area (Å²) in [6.07, 6.45) is 1.30. The highest BCUT2D eigenvalue weighted by molar-refractivity contribution is 14.1. The number of hydrogen-bond donors (Lipinski definition) is 2. The number of nitrogens with zero attached hydrogens (tertiary/aromatic N) is 1. The van der Waals surface area contributed by atoms with Crippen LogP contribution in [0.2, 0.25) is 0 Å². The van der Waals surface area contributed by atoms with Crippen molar-refractivity contribution in [1.29, 1.82) is 0 Å². The van der Waals surface area contributed by atoms with Crippen molar-refractivity contribution in [2.45, 2.75) is 45.4 Å². The third-order valence-corrected chi connectivity index (χ3v) is 4.00. The van der Waals surface area contributed by atoms with Gasteiger partial charge in [0.1, 0.15) is 11.6 Å². The molecule has 0 saturated heterocycles. The summed E-state index contributed by atoms with van der Waals surface area (Å²) in [7, 11) is 0. The SMILES string of the molecule is CC1=C[C@@H](N[O][AlH][I])CN(C(=O)OC(C)(C)C)[C@@H]1C(N)=O. The average molecular weight is 425 g/mol. The first-order chi connectivity index (χ1) is 9.65. The fraction of sp³-hybridized carbons (Fsp3) is 0.667. The largest absolute Gasteiger partial charge is 0.546 e. The number of halogens is 1. The number of nitrogens with one attached hydrogen (secondary N) is 1. The Morgan fingerprint density at radius 3 is 2.62 bits per heavy atom. The summed E-state index contributed by atoms with van der Waals surface area (Å²) in [5.41, 5.74) is 8.37. The zero-order valence-corrected chi connectivity index (χ0v) is 16.3. The van der Waals surface area contributed by atoms with Crippen molar-refractivity contribution in [2.75, 3.05) is 6.54 Å². The monoisotopic (exact) mass is 425 g/mol. The summed E-state index contributed by atoms with van der Waals surface area (Å²) in [6.45, 7) is 7.36. The van der Waals surface area contributed by atoms with Gasteiger partial charge in [-0.25, -0.2) is 10.3 Å². The Labute approximate surface area is 142 Å². The van der Waals surface area contributed by atoms with Crippen LogP contribution in [-0.2, 0) is 13.4 Å². The van der Waals surface area contributed by atoms with Gasteiger partial charge in [0, 0.05) is 6.54 Å². The van der Waals surface area contributed by atoms with E-state index in [4.69, 9.17) is 14.4 Å². The van der Waals surface area contributed by atoms with E-state index in [2.05, 4.69) is 25.8 Å². The number of ether oxygens (including phenoxy) is 1. The molecule has 1 aliphatic heterocycles. The molecule has 1 rings (SSSR count). The number of hydrogen-bond acceptors (Lipinski definition) is 5. The van der Waals surface area contributed by atoms with Crippen LogP contribution in [0.15, 0.2) is 11.6 Å². The van der Waals surface area contributed by atoms with Crippen molar-refractivity contribution in [3.63, 3.8) is 0 Å². The number of carbonyl (C=O) groups is 2. The molecule has 0 aromatic heterocycles. The summed E-state index contributed by atoms with van der Waals surface area (Å²) in [4.78, 5) is 25.3. The van der Waals surface area contributed by atoms with Gasteiger partial charge in [0.2, 0.25) is 5.91 Å². The van der Waals surface area contributed by atoms with E-state index in [9.17, 15) is 9.59 Å². The minimum Gasteiger partial charge on any atom is -0.444 e. The maximum absolute atomic E-state index is 12.3. The molecule has 0 aromatic carbocycles. The van der Waals surface area contributed by atoms with Crippen LogP contribution in [0.25, 0.3) is 0 Å². The predicted molar refractivity (Wildman–Crippen MR) is 88.9 cm³/mol. The molecule has 0 spiro atoms. The molecule has 0 radical (unpaired) electrons. The lowest BCUT2D eigenvalue weighted by Gasteiger charge is -2.37. The molecule has 7 nitrogen and oxygen atoms in total. The minimum atomic E-state index is -0.783. The molecule has 21 heavy (non-hydrogen) atoms. The number of hydroxylamine groups is 1. The normalized spacial score (nSPS) is 22.5. The van der Waals surface area contributed by atoms with Gasteiger partial charge in [-0.05, 0) is 33.3 Å². The molecule has 9 heteroatoms. The lowest BCUT2D eigenvalue weighted by Crippen LogP contribution is -2.57. The molecule has 1 heterocycles. The van der Waals surface area contributed by atoms with Crippen molar-refractivity contribution in [2.24, 2.45) is 5.73 Å². The second-order valence-electron chi connectivity index (χ2n) is 5.83. The average Bonchev–Trinajstić information content (AvgIpc) is 2.32. The second kappa shape index (κ2) is 7.78. The van der Waals surface area contributed by atoms with Gasteiger partial charge in [0.05, 0.1) is 6.04 Å². The maximum Gasteiger partial charge on any atom is 0.546 e. The van der Waals surface area contributed by atoms with Gasteiger partial charge >= 0.3 is 18.4 Å². The zero-order chi connectivity index (χ0) is 16.2. The Hall–Kier alpha value is -0.338. The van der Waals surface area contributed by atoms with E-state index in [0.717, 1.165) is 0 Å². The molecular weight excluding hydrogens is 404 g/mol. The van der Waals surface area contributed by atoms with Gasteiger partial charge in [0.15, 0.2) is 0 Å². The van der Waals surface area contributed by atoms with Gasteiger partial charge < -0.3 is 14.4 Å². The van der Waals surface area contributed by atoms with Crippen LogP contribution in [0.1, 0.15) is 27.7 Å². The molecule has 0 fully saturated rings. The number of primary amides is 1. The van der Waals surface area contributed by atoms with E-state index in [1.807, 2.05) is 6.08 Å². The number of amides is 2. The topological polar surface area (TPSA) is 93.9 Å². The molecule has 0 saturated carbocycles. The maximum atomic E-state index is 12.3. The molecule has 3 N–H and O–H groups in total. The Kier molecular flexibility index (Phi) is 6.93. The Morgan fingerprint density at radius 2 is 2.14 bits per heavy atom. The van der Waals surface area contributed by atoms with Crippen LogP contribution < -0.4 is 11.2 Å². The molecule has 0 bridgehead atoms. The number of carbonyl (C=O) groups excluding carboxylic acids is 2. The Morgan fingerprint density at radius 1 is 1.52 bits per heavy atom. The smallest absolute Gasteiger partial charge is 0.444 e. The lowest BCUT2D eigenvalue weighted by molar-refractivity contribution is -0.122. The third kappa shape index (κ3) is 5.75. The van der Waals surface area contributed by atoms with Gasteiger partial charge in [-0.1, -0.05) is 6.08 Å². The standard InChI is InChI=1S/C12H20N3O4.Al.HI.H/c1-7-5-8(14-18)6-15(9(7)10(13)16)11(17)19-12(2,3)4;;;/h5,8-9,14H,6H2,1-4H3,(H2,13,16);;1H;/q-1;+2;;/p-1/t8-,9+;;;/m1.../s1. The summed E-state index contributed by atoms with van der Waals surface area (Å²) < 4.78 is 10.6. The summed E-state index contributed by atoms with van der Waals surface area (Å²) in [6, 6.07) is -0.967. The summed E-state index contributed by atoms with van der Waals surface area (Å²) in [5.74, 6) is -0.572. The van der Waals surface area contributed by atoms with E-state index in [-0.39, 0.29) is 12.6 Å². The summed E-state index contributed by atoms with van der Waals surface area (Å²) >= 11 is 1.56. The Bertz CT molecular complexity index is 439. The fourth-order valence-corrected chi connectivity index (χ4v) is 2.93. The van der Waals surface area contributed by atoms with Gasteiger partial charge in [-0.2, -0.15) is 20.3 Å². The molecule has 0 unspecified atom stereocenters. The van der Waals surface area contributed by atoms with Crippen molar-refractivity contribution in [1.82, 2.24) is 10.4 Å². The highest BCUT2D eigenvalue weighted by Gasteiger charge is 2.37. The Balaban J connectivity index is 2.94. The van der Waals surface area contributed by atoms with Crippen LogP contribution in [-0.4, -0.2) is 53.4 Å². The summed E-state index contributed by atoms with van der Waals surface area (Å²) in [5, 5.41) is 0. The van der Waals surface area contributed by atoms with E-state index in [0.29, 0.717) is 5.57 Å². The van der Waals surface area contributed by atoms with Crippen LogP contribution in [0.5, 0.6) is 0 Å². The van der Waals surface area contributed by atoms with Gasteiger partial charge in [-0.3, -0.25) is 9.69 Å². The van der Waals surface area contributed by atoms with Crippen molar-refractivity contribution in [3.05, 3.63) is 11.6 Å². The predicted octanol–water partition coefficient (Wildman–Crippen LogP) is 0.629. The van der Waals surface area contributed by atoms with Gasteiger partial charge in [-0.15, -0.1) is 0 Å². The van der Waals surface area contributed by atoms with Crippen LogP contribution in [0, 0.1) is 0 Å². The molecule has 0 aliphatic carbocycles. The number of nitrogens with two attached hydrogens (primary N) is 1. The molecule has 118 valence electrons. The quantitative estimate of drug-likeness (QED) is 0.298. The van der Waals surface area contributed by atoms with E-state index in [1.165, 1.54) is 4.90 Å². The van der Waals surface area contributed by atoms with Crippen molar-refractivity contribution >= 4 is 44.5 Å². The molecular formula is C12H21AlIN3O4. The van der Waals surface area contributed by atoms with Crippen molar-refractivity contribution < 1.29 is 18.2 Å². The minimum absolute atomic E-state index is 0.185. The highest BCUT2D eigenvalue weighted by atomic mass is 127. The van der Waals surface area contributed by atoms with Crippen LogP contribution >= 0.6 is 20.3 Å². The fourth-order valence-electron chi connectivity index (χ4n) is 2.11. The zero-order valence-electron chi connectivity index (χ0n) is 12.7. The second-order valence-corrected chi connectivity index (χ2v) is 8.20. The van der Waals surface area contributed by atoms with Gasteiger partial charge in [0.25, 0.3) is 0 Å². The number of rotatable bonds is 4. The molecule has 0 aromatic rings. The highest BCUT2D eigenvalue weighted by Crippen LogP contribution is 2.21. The van der Waals surface area contributed by atoms with Crippen molar-refractivity contribution in [3.8, 4) is 0 Å². The first-order valence-electron chi connectivity index (χ1n) is 6.56. The molecule has 1 aliphatic rings. The first-order valence-corrected chi connectivity index (χ1v) is 12.2. The first kappa shape index (κ1) is 18.7. The van der Waals surface area contributed by atoms with E-state index < -0.39 is 35.9 Å².